The van der Waals surface area contributed by atoms with E-state index >= 15 is 0 Å². The van der Waals surface area contributed by atoms with Crippen molar-refractivity contribution in [3.8, 4) is 11.5 Å². The lowest BCUT2D eigenvalue weighted by Crippen LogP contribution is -2.49. The molecule has 2 aliphatic heterocycles. The number of fused-ring (bicyclic) bond motifs is 1. The van der Waals surface area contributed by atoms with Crippen molar-refractivity contribution in [1.29, 1.82) is 0 Å². The minimum absolute atomic E-state index is 0.132. The Morgan fingerprint density at radius 1 is 0.944 bits per heavy atom. The van der Waals surface area contributed by atoms with Gasteiger partial charge in [0, 0.05) is 44.1 Å². The van der Waals surface area contributed by atoms with Crippen molar-refractivity contribution in [2.45, 2.75) is 0 Å². The molecule has 2 N–H and O–H groups in total. The maximum Gasteiger partial charge on any atom is 0.277 e. The van der Waals surface area contributed by atoms with Gasteiger partial charge in [0.15, 0.2) is 11.5 Å². The molecule has 10 nitrogen and oxygen atoms in total. The summed E-state index contributed by atoms with van der Waals surface area (Å²) in [7, 11) is 0. The number of amides is 2. The average Bonchev–Trinajstić information content (AvgIpc) is 3.40. The van der Waals surface area contributed by atoms with Crippen LogP contribution >= 0.6 is 0 Å². The van der Waals surface area contributed by atoms with E-state index in [0.717, 1.165) is 5.56 Å². The number of rotatable bonds is 5. The molecule has 2 aliphatic rings. The van der Waals surface area contributed by atoms with E-state index in [-0.39, 0.29) is 24.1 Å². The van der Waals surface area contributed by atoms with Crippen molar-refractivity contribution in [1.82, 2.24) is 20.3 Å². The van der Waals surface area contributed by atoms with Gasteiger partial charge >= 0.3 is 0 Å². The third kappa shape index (κ3) is 4.82. The lowest BCUT2D eigenvalue weighted by Gasteiger charge is -2.35. The monoisotopic (exact) mass is 491 g/mol. The first-order valence-corrected chi connectivity index (χ1v) is 11.2. The molecule has 0 spiro atoms. The Kier molecular flexibility index (Phi) is 6.46. The zero-order valence-corrected chi connectivity index (χ0v) is 19.1. The van der Waals surface area contributed by atoms with Crippen LogP contribution in [0.3, 0.4) is 0 Å². The summed E-state index contributed by atoms with van der Waals surface area (Å²) in [5.41, 5.74) is 3.45. The van der Waals surface area contributed by atoms with Crippen molar-refractivity contribution >= 4 is 29.4 Å². The lowest BCUT2D eigenvalue weighted by atomic mass is 10.0. The fraction of sp³-hybridized carbons (Fsp3) is 0.200. The molecule has 36 heavy (non-hydrogen) atoms. The highest BCUT2D eigenvalue weighted by atomic mass is 19.1. The average molecular weight is 491 g/mol. The second-order valence-electron chi connectivity index (χ2n) is 8.17. The molecule has 0 unspecified atom stereocenters. The minimum Gasteiger partial charge on any atom is -0.454 e. The summed E-state index contributed by atoms with van der Waals surface area (Å²) >= 11 is 0. The Morgan fingerprint density at radius 2 is 1.64 bits per heavy atom. The van der Waals surface area contributed by atoms with Crippen molar-refractivity contribution in [3.05, 3.63) is 77.4 Å². The van der Waals surface area contributed by atoms with E-state index in [2.05, 4.69) is 9.97 Å². The Morgan fingerprint density at radius 3 is 2.33 bits per heavy atom. The minimum atomic E-state index is -0.695. The number of aromatic nitrogens is 2. The first-order valence-electron chi connectivity index (χ1n) is 11.2. The van der Waals surface area contributed by atoms with Gasteiger partial charge < -0.3 is 19.3 Å². The van der Waals surface area contributed by atoms with Gasteiger partial charge in [-0.2, -0.15) is 0 Å². The van der Waals surface area contributed by atoms with Crippen LogP contribution < -0.4 is 19.9 Å². The second-order valence-corrected chi connectivity index (χ2v) is 8.17. The number of hydrogen-bond donors (Lipinski definition) is 2. The Labute approximate surface area is 205 Å². The van der Waals surface area contributed by atoms with Crippen molar-refractivity contribution in [2.75, 3.05) is 37.9 Å². The van der Waals surface area contributed by atoms with Gasteiger partial charge in [0.1, 0.15) is 5.82 Å². The fourth-order valence-corrected chi connectivity index (χ4v) is 4.01. The first-order chi connectivity index (χ1) is 17.5. The summed E-state index contributed by atoms with van der Waals surface area (Å²) in [6.45, 7) is 1.95. The number of carbonyl (C=O) groups is 2. The number of benzene rings is 2. The molecule has 2 amide bonds. The maximum absolute atomic E-state index is 13.6. The van der Waals surface area contributed by atoms with Gasteiger partial charge in [-0.3, -0.25) is 14.8 Å². The molecule has 1 fully saturated rings. The summed E-state index contributed by atoms with van der Waals surface area (Å²) in [4.78, 5) is 37.1. The molecule has 0 radical (unpaired) electrons. The highest BCUT2D eigenvalue weighted by molar-refractivity contribution is 6.24. The van der Waals surface area contributed by atoms with E-state index < -0.39 is 5.91 Å². The van der Waals surface area contributed by atoms with E-state index in [1.807, 2.05) is 11.0 Å². The normalized spacial score (nSPS) is 15.1. The first kappa shape index (κ1) is 23.2. The predicted octanol–water partition coefficient (Wildman–Crippen LogP) is 2.35. The number of carbonyl (C=O) groups excluding carboxylic acids is 2. The number of piperazine rings is 1. The van der Waals surface area contributed by atoms with Gasteiger partial charge in [0.25, 0.3) is 11.8 Å². The number of hydrogen-bond acceptors (Lipinski definition) is 8. The summed E-state index contributed by atoms with van der Waals surface area (Å²) in [6.07, 6.45) is 4.41. The number of nitrogens with zero attached hydrogens (tertiary/aromatic N) is 4. The molecular formula is C25H22FN5O5. The smallest absolute Gasteiger partial charge is 0.277 e. The fourth-order valence-electron chi connectivity index (χ4n) is 4.01. The SMILES string of the molecule is O=C(NO)c1cnc(N2CCN(C(=O)/C(=C/c3ccc4c(c3)OCO4)c3ccc(F)cc3)CC2)nc1. The zero-order chi connectivity index (χ0) is 25.1. The number of nitrogens with one attached hydrogen (secondary N) is 1. The number of ether oxygens (including phenoxy) is 2. The third-order valence-electron chi connectivity index (χ3n) is 5.94. The molecule has 0 bridgehead atoms. The van der Waals surface area contributed by atoms with Gasteiger partial charge in [0.05, 0.1) is 5.56 Å². The van der Waals surface area contributed by atoms with Crippen LogP contribution in [0.15, 0.2) is 54.9 Å². The molecule has 11 heteroatoms. The molecule has 2 aromatic carbocycles. The van der Waals surface area contributed by atoms with Crippen LogP contribution in [0.5, 0.6) is 11.5 Å². The van der Waals surface area contributed by atoms with Gasteiger partial charge in [-0.1, -0.05) is 18.2 Å². The van der Waals surface area contributed by atoms with Crippen LogP contribution in [0.2, 0.25) is 0 Å². The van der Waals surface area contributed by atoms with Crippen molar-refractivity contribution < 1.29 is 28.7 Å². The van der Waals surface area contributed by atoms with Gasteiger partial charge in [-0.15, -0.1) is 0 Å². The molecule has 0 saturated carbocycles. The summed E-state index contributed by atoms with van der Waals surface area (Å²) in [5.74, 6) is 0.404. The van der Waals surface area contributed by atoms with Crippen LogP contribution in [0, 0.1) is 5.82 Å². The van der Waals surface area contributed by atoms with Crippen LogP contribution in [0.25, 0.3) is 11.6 Å². The van der Waals surface area contributed by atoms with E-state index in [0.29, 0.717) is 54.8 Å². The lowest BCUT2D eigenvalue weighted by molar-refractivity contribution is -0.125. The van der Waals surface area contributed by atoms with Gasteiger partial charge in [0.2, 0.25) is 12.7 Å². The topological polar surface area (TPSA) is 117 Å². The number of halogens is 1. The molecule has 3 aromatic rings. The van der Waals surface area contributed by atoms with E-state index in [1.165, 1.54) is 30.0 Å². The summed E-state index contributed by atoms with van der Waals surface area (Å²) in [6, 6.07) is 11.2. The molecule has 0 atom stereocenters. The molecule has 3 heterocycles. The zero-order valence-electron chi connectivity index (χ0n) is 19.1. The van der Waals surface area contributed by atoms with Crippen LogP contribution in [-0.2, 0) is 4.79 Å². The van der Waals surface area contributed by atoms with Crippen LogP contribution in [0.4, 0.5) is 10.3 Å². The molecular weight excluding hydrogens is 469 g/mol. The Balaban J connectivity index is 1.34. The molecule has 184 valence electrons. The van der Waals surface area contributed by atoms with E-state index in [4.69, 9.17) is 14.7 Å². The van der Waals surface area contributed by atoms with E-state index in [9.17, 15) is 14.0 Å². The van der Waals surface area contributed by atoms with E-state index in [1.54, 1.807) is 35.2 Å². The second kappa shape index (κ2) is 10.0. The maximum atomic E-state index is 13.6. The van der Waals surface area contributed by atoms with Crippen LogP contribution in [-0.4, -0.2) is 64.9 Å². The summed E-state index contributed by atoms with van der Waals surface area (Å²) in [5, 5.41) is 8.72. The molecule has 5 rings (SSSR count). The largest absolute Gasteiger partial charge is 0.454 e. The quantitative estimate of drug-likeness (QED) is 0.242. The standard InChI is InChI=1S/C25H22FN5O5/c26-19-4-2-17(3-5-19)20(11-16-1-6-21-22(12-16)36-15-35-21)24(33)30-7-9-31(10-8-30)25-27-13-18(14-28-25)23(32)29-34/h1-6,11-14,34H,7-10,15H2,(H,29,32)/b20-11+. The molecule has 1 aromatic heterocycles. The number of anilines is 1. The Hall–Kier alpha value is -4.51. The summed E-state index contributed by atoms with van der Waals surface area (Å²) < 4.78 is 24.4. The highest BCUT2D eigenvalue weighted by Gasteiger charge is 2.26. The van der Waals surface area contributed by atoms with Crippen molar-refractivity contribution in [2.24, 2.45) is 0 Å². The Bertz CT molecular complexity index is 1310. The third-order valence-corrected chi connectivity index (χ3v) is 5.94. The van der Waals surface area contributed by atoms with Crippen LogP contribution in [0.1, 0.15) is 21.5 Å². The van der Waals surface area contributed by atoms with Gasteiger partial charge in [-0.25, -0.2) is 19.8 Å². The molecule has 1 saturated heterocycles. The highest BCUT2D eigenvalue weighted by Crippen LogP contribution is 2.34. The predicted molar refractivity (Wildman–Crippen MR) is 127 cm³/mol. The van der Waals surface area contributed by atoms with Crippen molar-refractivity contribution in [3.63, 3.8) is 0 Å². The number of hydroxylamine groups is 1. The van der Waals surface area contributed by atoms with Gasteiger partial charge in [-0.05, 0) is 41.5 Å². The molecule has 0 aliphatic carbocycles.